The molecule has 8 aromatic rings. The lowest BCUT2D eigenvalue weighted by molar-refractivity contribution is 0.584. The Bertz CT molecular complexity index is 2870. The molecule has 0 fully saturated rings. The molecular formula is C50H38B2N2. The van der Waals surface area contributed by atoms with E-state index in [-0.39, 0.29) is 24.5 Å². The zero-order chi connectivity index (χ0) is 36.4. The predicted octanol–water partition coefficient (Wildman–Crippen LogP) is 7.48. The van der Waals surface area contributed by atoms with Crippen molar-refractivity contribution in [1.82, 2.24) is 0 Å². The van der Waals surface area contributed by atoms with Gasteiger partial charge in [0.2, 0.25) is 13.4 Å². The van der Waals surface area contributed by atoms with Crippen LogP contribution in [0.3, 0.4) is 0 Å². The first-order valence-electron chi connectivity index (χ1n) is 19.5. The van der Waals surface area contributed by atoms with Gasteiger partial charge < -0.3 is 0 Å². The molecule has 4 aliphatic heterocycles. The summed E-state index contributed by atoms with van der Waals surface area (Å²) in [4.78, 5) is 10.8. The van der Waals surface area contributed by atoms with E-state index >= 15 is 0 Å². The van der Waals surface area contributed by atoms with Gasteiger partial charge >= 0.3 is 0 Å². The minimum atomic E-state index is -0.199. The summed E-state index contributed by atoms with van der Waals surface area (Å²) in [6, 6.07) is 46.7. The lowest BCUT2D eigenvalue weighted by atomic mass is 9.30. The van der Waals surface area contributed by atoms with E-state index in [2.05, 4.69) is 163 Å². The van der Waals surface area contributed by atoms with Gasteiger partial charge in [0.25, 0.3) is 0 Å². The van der Waals surface area contributed by atoms with Crippen molar-refractivity contribution in [2.24, 2.45) is 9.98 Å². The molecule has 0 unspecified atom stereocenters. The highest BCUT2D eigenvalue weighted by Gasteiger charge is 2.43. The monoisotopic (exact) mass is 688 g/mol. The van der Waals surface area contributed by atoms with Gasteiger partial charge in [-0.05, 0) is 118 Å². The molecule has 254 valence electrons. The highest BCUT2D eigenvalue weighted by Crippen LogP contribution is 2.45. The molecule has 0 atom stereocenters. The van der Waals surface area contributed by atoms with Crippen LogP contribution < -0.4 is 32.8 Å². The van der Waals surface area contributed by atoms with E-state index in [1.165, 1.54) is 110 Å². The summed E-state index contributed by atoms with van der Waals surface area (Å²) in [6.45, 7) is 13.5. The van der Waals surface area contributed by atoms with Crippen molar-refractivity contribution in [3.63, 3.8) is 0 Å². The topological polar surface area (TPSA) is 24.7 Å². The molecule has 0 bridgehead atoms. The number of rotatable bonds is 0. The van der Waals surface area contributed by atoms with Gasteiger partial charge in [-0.2, -0.15) is 0 Å². The van der Waals surface area contributed by atoms with Crippen LogP contribution >= 0.6 is 0 Å². The Morgan fingerprint density at radius 2 is 0.741 bits per heavy atom. The number of hydrogen-bond donors (Lipinski definition) is 0. The smallest absolute Gasteiger partial charge is 0.244 e. The third-order valence-corrected chi connectivity index (χ3v) is 12.4. The van der Waals surface area contributed by atoms with Gasteiger partial charge in [-0.25, -0.2) is 0 Å². The molecule has 12 rings (SSSR count). The number of hydrogen-bond acceptors (Lipinski definition) is 2. The molecule has 0 saturated carbocycles. The van der Waals surface area contributed by atoms with Gasteiger partial charge in [0.15, 0.2) is 0 Å². The Hall–Kier alpha value is -5.73. The molecule has 0 aromatic heterocycles. The molecule has 0 N–H and O–H groups in total. The fourth-order valence-electron chi connectivity index (χ4n) is 10.7. The normalized spacial score (nSPS) is 16.3. The summed E-state index contributed by atoms with van der Waals surface area (Å²) < 4.78 is 0. The molecule has 8 aromatic carbocycles. The van der Waals surface area contributed by atoms with Crippen LogP contribution in [0.25, 0.3) is 54.6 Å². The Balaban J connectivity index is 1.21. The van der Waals surface area contributed by atoms with Crippen molar-refractivity contribution in [3.8, 4) is 22.3 Å². The summed E-state index contributed by atoms with van der Waals surface area (Å²) in [6.07, 6.45) is 0. The summed E-state index contributed by atoms with van der Waals surface area (Å²) in [5.41, 5.74) is 20.6. The van der Waals surface area contributed by atoms with Crippen LogP contribution in [0.4, 0.5) is 0 Å². The van der Waals surface area contributed by atoms with Crippen LogP contribution in [0, 0.1) is 0 Å². The molecule has 4 heteroatoms. The third-order valence-electron chi connectivity index (χ3n) is 12.4. The maximum atomic E-state index is 5.39. The lowest BCUT2D eigenvalue weighted by Gasteiger charge is -2.37. The first-order valence-corrected chi connectivity index (χ1v) is 19.5. The number of fused-ring (bicyclic) bond motifs is 8. The maximum absolute atomic E-state index is 5.39. The summed E-state index contributed by atoms with van der Waals surface area (Å²) in [5.74, 6) is 0. The van der Waals surface area contributed by atoms with Crippen LogP contribution in [0.15, 0.2) is 131 Å². The molecule has 4 aliphatic rings. The Labute approximate surface area is 317 Å². The van der Waals surface area contributed by atoms with Crippen molar-refractivity contribution in [1.29, 1.82) is 0 Å². The quantitative estimate of drug-likeness (QED) is 0.117. The van der Waals surface area contributed by atoms with Gasteiger partial charge in [0.1, 0.15) is 0 Å². The van der Waals surface area contributed by atoms with Gasteiger partial charge in [0, 0.05) is 0 Å². The highest BCUT2D eigenvalue weighted by molar-refractivity contribution is 7.02. The average molecular weight is 688 g/mol. The van der Waals surface area contributed by atoms with E-state index in [1.807, 2.05) is 0 Å². The molecule has 0 radical (unpaired) electrons. The average Bonchev–Trinajstić information content (AvgIpc) is 3.15. The van der Waals surface area contributed by atoms with Crippen LogP contribution in [0.5, 0.6) is 0 Å². The van der Waals surface area contributed by atoms with Crippen LogP contribution in [-0.4, -0.2) is 35.9 Å². The van der Waals surface area contributed by atoms with E-state index in [0.29, 0.717) is 0 Å². The Morgan fingerprint density at radius 1 is 0.352 bits per heavy atom. The first-order chi connectivity index (χ1) is 26.1. The molecule has 2 nitrogen and oxygen atoms in total. The van der Waals surface area contributed by atoms with Gasteiger partial charge in [-0.1, -0.05) is 154 Å². The molecule has 0 aliphatic carbocycles. The first kappa shape index (κ1) is 30.7. The lowest BCUT2D eigenvalue weighted by Crippen LogP contribution is -2.61. The number of aliphatic imine (C=N–C) groups is 2. The number of benzene rings is 8. The van der Waals surface area contributed by atoms with Gasteiger partial charge in [-0.3, -0.25) is 9.98 Å². The SMILES string of the molecule is CC(C)(C)/N=C1/c2ccccc2B2c3c1cccc3-c1ccc3cc4c5c(ccc6cc2c1c3c65)-c1cccc2c1B4c1ccccc1/C2=N/C(C)(C)C. The molecular weight excluding hydrogens is 650 g/mol. The molecule has 0 spiro atoms. The number of nitrogens with zero attached hydrogens (tertiary/aromatic N) is 2. The molecule has 0 amide bonds. The van der Waals surface area contributed by atoms with E-state index in [9.17, 15) is 0 Å². The van der Waals surface area contributed by atoms with Crippen LogP contribution in [0.2, 0.25) is 0 Å². The fraction of sp³-hybridized carbons (Fsp3) is 0.160. The second-order valence-corrected chi connectivity index (χ2v) is 17.9. The Morgan fingerprint density at radius 3 is 1.17 bits per heavy atom. The zero-order valence-electron chi connectivity index (χ0n) is 31.6. The van der Waals surface area contributed by atoms with Crippen molar-refractivity contribution in [2.75, 3.05) is 0 Å². The summed E-state index contributed by atoms with van der Waals surface area (Å²) in [7, 11) is 0. The molecule has 54 heavy (non-hydrogen) atoms. The second-order valence-electron chi connectivity index (χ2n) is 17.9. The van der Waals surface area contributed by atoms with Crippen molar-refractivity contribution in [2.45, 2.75) is 52.6 Å². The van der Waals surface area contributed by atoms with Crippen LogP contribution in [0.1, 0.15) is 63.8 Å². The Kier molecular flexibility index (Phi) is 5.72. The maximum Gasteiger partial charge on any atom is 0.244 e. The molecule has 4 heterocycles. The summed E-state index contributed by atoms with van der Waals surface area (Å²) in [5, 5.41) is 8.28. The van der Waals surface area contributed by atoms with E-state index in [4.69, 9.17) is 9.98 Å². The predicted molar refractivity (Wildman–Crippen MR) is 234 cm³/mol. The third kappa shape index (κ3) is 3.88. The zero-order valence-corrected chi connectivity index (χ0v) is 31.6. The fourth-order valence-corrected chi connectivity index (χ4v) is 10.7. The van der Waals surface area contributed by atoms with E-state index in [0.717, 1.165) is 11.4 Å². The van der Waals surface area contributed by atoms with Crippen molar-refractivity contribution >= 4 is 89.9 Å². The van der Waals surface area contributed by atoms with Crippen molar-refractivity contribution in [3.05, 3.63) is 144 Å². The second kappa shape index (κ2) is 10.1. The van der Waals surface area contributed by atoms with Crippen molar-refractivity contribution < 1.29 is 0 Å². The standard InChI is InChI=1S/C50H38B2N2/c1-49(2,3)53-47-33-13-7-9-19-37(33)51-39-25-27-22-24-30-32-16-12-18-36-46(32)52(38-20-10-8-14-34(38)48(36)54-50(4,5)6)40-26-28-21-23-29(31-15-11-17-35(47)45(31)51)43(39)41(28)42(27)44(30)40/h7-26H,1-6H3/b53-47-,54-48-. The van der Waals surface area contributed by atoms with E-state index in [1.54, 1.807) is 0 Å². The largest absolute Gasteiger partial charge is 0.278 e. The minimum Gasteiger partial charge on any atom is -0.278 e. The minimum absolute atomic E-state index is 0.133. The molecule has 0 saturated heterocycles. The van der Waals surface area contributed by atoms with Crippen LogP contribution in [-0.2, 0) is 0 Å². The van der Waals surface area contributed by atoms with E-state index < -0.39 is 0 Å². The summed E-state index contributed by atoms with van der Waals surface area (Å²) >= 11 is 0. The van der Waals surface area contributed by atoms with Gasteiger partial charge in [0.05, 0.1) is 22.5 Å². The highest BCUT2D eigenvalue weighted by atomic mass is 14.8. The van der Waals surface area contributed by atoms with Gasteiger partial charge in [-0.15, -0.1) is 0 Å².